The predicted molar refractivity (Wildman–Crippen MR) is 69.9 cm³/mol. The van der Waals surface area contributed by atoms with E-state index in [9.17, 15) is 14.2 Å². The Morgan fingerprint density at radius 1 is 1.25 bits per heavy atom. The zero-order valence-electron chi connectivity index (χ0n) is 10.8. The van der Waals surface area contributed by atoms with Crippen LogP contribution in [0.1, 0.15) is 25.6 Å². The Morgan fingerprint density at radius 3 is 2.25 bits per heavy atom. The van der Waals surface area contributed by atoms with Gasteiger partial charge in [0, 0.05) is 31.8 Å². The van der Waals surface area contributed by atoms with Crippen molar-refractivity contribution in [1.29, 1.82) is 0 Å². The van der Waals surface area contributed by atoms with E-state index in [-0.39, 0.29) is 13.0 Å². The lowest BCUT2D eigenvalue weighted by Crippen LogP contribution is -2.29. The fourth-order valence-corrected chi connectivity index (χ4v) is 4.06. The molecule has 1 aromatic heterocycles. The van der Waals surface area contributed by atoms with E-state index in [4.69, 9.17) is 19.6 Å². The quantitative estimate of drug-likeness (QED) is 0.446. The largest absolute Gasteiger partial charge is 0.369 e. The summed E-state index contributed by atoms with van der Waals surface area (Å²) in [5.41, 5.74) is 0. The molecule has 0 radical (unpaired) electrons. The van der Waals surface area contributed by atoms with E-state index in [0.29, 0.717) is 6.42 Å². The van der Waals surface area contributed by atoms with Crippen LogP contribution in [0, 0.1) is 0 Å². The first-order valence-electron chi connectivity index (χ1n) is 5.86. The third-order valence-electron chi connectivity index (χ3n) is 2.96. The first-order chi connectivity index (χ1) is 9.03. The lowest BCUT2D eigenvalue weighted by Gasteiger charge is -2.29. The van der Waals surface area contributed by atoms with E-state index in [1.165, 1.54) is 0 Å². The van der Waals surface area contributed by atoms with Crippen LogP contribution >= 0.6 is 15.2 Å². The Morgan fingerprint density at radius 2 is 1.80 bits per heavy atom. The number of nitrogens with zero attached hydrogens (tertiary/aromatic N) is 2. The first-order valence-corrected chi connectivity index (χ1v) is 9.09. The van der Waals surface area contributed by atoms with Crippen molar-refractivity contribution in [1.82, 2.24) is 9.55 Å². The van der Waals surface area contributed by atoms with Crippen molar-refractivity contribution in [2.75, 3.05) is 0 Å². The molecule has 0 fully saturated rings. The minimum absolute atomic E-state index is 0.0178. The van der Waals surface area contributed by atoms with Crippen molar-refractivity contribution < 1.29 is 33.8 Å². The molecule has 116 valence electrons. The van der Waals surface area contributed by atoms with E-state index < -0.39 is 26.7 Å². The highest BCUT2D eigenvalue weighted by molar-refractivity contribution is 7.72. The Labute approximate surface area is 115 Å². The van der Waals surface area contributed by atoms with Crippen LogP contribution < -0.4 is 0 Å². The van der Waals surface area contributed by atoms with Crippen LogP contribution in [0.25, 0.3) is 0 Å². The molecule has 0 saturated carbocycles. The minimum Gasteiger partial charge on any atom is -0.368 e. The molecule has 0 bridgehead atoms. The van der Waals surface area contributed by atoms with E-state index in [2.05, 4.69) is 4.98 Å². The van der Waals surface area contributed by atoms with E-state index in [0.717, 1.165) is 5.82 Å². The lowest BCUT2D eigenvalue weighted by molar-refractivity contribution is 0.120. The molecule has 1 rings (SSSR count). The lowest BCUT2D eigenvalue weighted by atomic mass is 10.3. The second-order valence-electron chi connectivity index (χ2n) is 4.36. The van der Waals surface area contributed by atoms with Gasteiger partial charge in [-0.05, 0) is 6.42 Å². The summed E-state index contributed by atoms with van der Waals surface area (Å²) in [6.07, 6.45) is 3.11. The molecule has 0 aromatic carbocycles. The summed E-state index contributed by atoms with van der Waals surface area (Å²) >= 11 is 0. The van der Waals surface area contributed by atoms with Gasteiger partial charge in [-0.2, -0.15) is 0 Å². The molecule has 5 N–H and O–H groups in total. The Bertz CT molecular complexity index is 524. The van der Waals surface area contributed by atoms with Gasteiger partial charge >= 0.3 is 15.2 Å². The van der Waals surface area contributed by atoms with Gasteiger partial charge in [0.15, 0.2) is 0 Å². The van der Waals surface area contributed by atoms with Crippen molar-refractivity contribution in [2.45, 2.75) is 37.8 Å². The van der Waals surface area contributed by atoms with Gasteiger partial charge in [-0.3, -0.25) is 9.13 Å². The molecule has 0 aliphatic heterocycles. The maximum absolute atomic E-state index is 11.1. The van der Waals surface area contributed by atoms with Crippen molar-refractivity contribution in [3.05, 3.63) is 18.2 Å². The van der Waals surface area contributed by atoms with Crippen molar-refractivity contribution in [3.63, 3.8) is 0 Å². The van der Waals surface area contributed by atoms with Gasteiger partial charge in [0.25, 0.3) is 5.08 Å². The van der Waals surface area contributed by atoms with E-state index in [1.54, 1.807) is 17.0 Å². The van der Waals surface area contributed by atoms with Crippen LogP contribution in [0.3, 0.4) is 0 Å². The van der Waals surface area contributed by atoms with Crippen LogP contribution in [0.4, 0.5) is 0 Å². The summed E-state index contributed by atoms with van der Waals surface area (Å²) in [5, 5.41) is 6.35. The smallest absolute Gasteiger partial charge is 0.368 e. The third kappa shape index (κ3) is 3.56. The summed E-state index contributed by atoms with van der Waals surface area (Å²) in [5.74, 6) is 0.737. The number of imidazole rings is 1. The highest BCUT2D eigenvalue weighted by atomic mass is 31.2. The fraction of sp³-hybridized carbons (Fsp3) is 0.667. The highest BCUT2D eigenvalue weighted by Crippen LogP contribution is 2.69. The van der Waals surface area contributed by atoms with Crippen molar-refractivity contribution in [3.8, 4) is 0 Å². The summed E-state index contributed by atoms with van der Waals surface area (Å²) in [6, 6.07) is 0. The van der Waals surface area contributed by atoms with Crippen LogP contribution in [-0.4, -0.2) is 39.3 Å². The van der Waals surface area contributed by atoms with Gasteiger partial charge in [0.2, 0.25) is 0 Å². The predicted octanol–water partition coefficient (Wildman–Crippen LogP) is 0.227. The molecule has 0 aliphatic rings. The summed E-state index contributed by atoms with van der Waals surface area (Å²) in [7, 11) is -10.7. The Hall–Kier alpha value is -0.530. The van der Waals surface area contributed by atoms with Gasteiger partial charge in [0.05, 0.1) is 0 Å². The van der Waals surface area contributed by atoms with Gasteiger partial charge in [-0.15, -0.1) is 0 Å². The van der Waals surface area contributed by atoms with Gasteiger partial charge < -0.3 is 29.2 Å². The van der Waals surface area contributed by atoms with E-state index in [1.807, 2.05) is 6.92 Å². The third-order valence-corrected chi connectivity index (χ3v) is 6.84. The number of hydrogen-bond acceptors (Lipinski definition) is 4. The number of aliphatic hydroxyl groups is 1. The molecular weight excluding hydrogens is 310 g/mol. The molecule has 0 atom stereocenters. The average Bonchev–Trinajstić information content (AvgIpc) is 2.73. The minimum atomic E-state index is -5.37. The molecule has 0 saturated heterocycles. The average molecular weight is 328 g/mol. The van der Waals surface area contributed by atoms with Crippen LogP contribution in [0.2, 0.25) is 0 Å². The number of aromatic nitrogens is 2. The molecule has 9 nitrogen and oxygen atoms in total. The van der Waals surface area contributed by atoms with Crippen molar-refractivity contribution in [2.24, 2.45) is 0 Å². The summed E-state index contributed by atoms with van der Waals surface area (Å²) in [6.45, 7) is 2.12. The van der Waals surface area contributed by atoms with Crippen LogP contribution in [-0.2, 0) is 22.1 Å². The van der Waals surface area contributed by atoms with Crippen LogP contribution in [0.5, 0.6) is 0 Å². The molecule has 1 heterocycles. The molecule has 20 heavy (non-hydrogen) atoms. The zero-order chi connectivity index (χ0) is 15.6. The number of hydrogen-bond donors (Lipinski definition) is 5. The molecule has 0 unspecified atom stereocenters. The molecule has 11 heteroatoms. The molecular formula is C9H18N2O7P2. The summed E-state index contributed by atoms with van der Waals surface area (Å²) in [4.78, 5) is 40.0. The van der Waals surface area contributed by atoms with Crippen molar-refractivity contribution >= 4 is 15.2 Å². The topological polar surface area (TPSA) is 153 Å². The van der Waals surface area contributed by atoms with Gasteiger partial charge in [-0.25, -0.2) is 4.98 Å². The fourth-order valence-electron chi connectivity index (χ4n) is 1.81. The highest BCUT2D eigenvalue weighted by Gasteiger charge is 2.58. The molecule has 0 amide bonds. The Balaban J connectivity index is 2.80. The zero-order valence-corrected chi connectivity index (χ0v) is 12.6. The second-order valence-corrected chi connectivity index (χ2v) is 8.36. The summed E-state index contributed by atoms with van der Waals surface area (Å²) < 4.78 is 24.0. The number of aryl methyl sites for hydroxylation is 2. The van der Waals surface area contributed by atoms with Gasteiger partial charge in [-0.1, -0.05) is 6.92 Å². The maximum atomic E-state index is 11.1. The molecule has 1 aromatic rings. The Kier molecular flexibility index (Phi) is 5.32. The second kappa shape index (κ2) is 6.07. The van der Waals surface area contributed by atoms with Crippen LogP contribution in [0.15, 0.2) is 12.4 Å². The normalized spacial score (nSPS) is 13.7. The van der Waals surface area contributed by atoms with Gasteiger partial charge in [0.1, 0.15) is 5.82 Å². The first kappa shape index (κ1) is 17.5. The number of rotatable bonds is 7. The molecule has 0 spiro atoms. The molecule has 0 aliphatic carbocycles. The van der Waals surface area contributed by atoms with E-state index >= 15 is 0 Å². The standard InChI is InChI=1S/C9H18N2O7P2/c1-2-8-10-5-7-11(8)6-3-4-9(12,19(13,14)15)20(16,17)18/h5,7,12H,2-4,6H2,1H3,(H2,13,14,15)(H2,16,17,18). The monoisotopic (exact) mass is 328 g/mol. The SMILES string of the molecule is CCc1nccn1CCCC(O)(P(=O)(O)O)P(=O)(O)O. The maximum Gasteiger partial charge on any atom is 0.369 e.